The second-order valence-electron chi connectivity index (χ2n) is 7.87. The molecule has 0 fully saturated rings. The fourth-order valence-corrected chi connectivity index (χ4v) is 4.91. The van der Waals surface area contributed by atoms with Crippen molar-refractivity contribution in [3.63, 3.8) is 0 Å². The molecule has 2 aromatic carbocycles. The Bertz CT molecular complexity index is 1430. The summed E-state index contributed by atoms with van der Waals surface area (Å²) < 4.78 is 70.0. The van der Waals surface area contributed by atoms with Crippen molar-refractivity contribution in [1.29, 1.82) is 0 Å². The van der Waals surface area contributed by atoms with Gasteiger partial charge in [0.2, 0.25) is 10.0 Å². The Balaban J connectivity index is 1.65. The number of sulfonamides is 1. The van der Waals surface area contributed by atoms with Gasteiger partial charge in [-0.1, -0.05) is 34.1 Å². The van der Waals surface area contributed by atoms with Crippen molar-refractivity contribution < 1.29 is 31.1 Å². The summed E-state index contributed by atoms with van der Waals surface area (Å²) in [6.45, 7) is 0.279. The highest BCUT2D eigenvalue weighted by Crippen LogP contribution is 2.37. The van der Waals surface area contributed by atoms with Gasteiger partial charge in [-0.3, -0.25) is 14.4 Å². The molecule has 1 aromatic heterocycles. The number of methoxy groups -OCH3 is 1. The van der Waals surface area contributed by atoms with Crippen molar-refractivity contribution in [2.75, 3.05) is 29.5 Å². The predicted molar refractivity (Wildman–Crippen MR) is 129 cm³/mol. The van der Waals surface area contributed by atoms with E-state index in [9.17, 15) is 26.4 Å². The van der Waals surface area contributed by atoms with Gasteiger partial charge in [-0.05, 0) is 53.4 Å². The Kier molecular flexibility index (Phi) is 6.54. The van der Waals surface area contributed by atoms with Gasteiger partial charge in [-0.25, -0.2) is 13.4 Å². The van der Waals surface area contributed by atoms with Crippen molar-refractivity contribution in [3.8, 4) is 16.9 Å². The summed E-state index contributed by atoms with van der Waals surface area (Å²) in [5, 5.41) is 0. The van der Waals surface area contributed by atoms with Crippen LogP contribution in [0.1, 0.15) is 21.5 Å². The van der Waals surface area contributed by atoms with Gasteiger partial charge in [0.1, 0.15) is 5.82 Å². The van der Waals surface area contributed by atoms with Crippen LogP contribution in [-0.4, -0.2) is 39.2 Å². The van der Waals surface area contributed by atoms with Gasteiger partial charge in [-0.2, -0.15) is 13.2 Å². The number of nitrogens with zero attached hydrogens (tertiary/aromatic N) is 2. The molecule has 1 aliphatic heterocycles. The normalized spacial score (nSPS) is 14.0. The Hall–Kier alpha value is -3.12. The molecular formula is C23H19BrF3N3O4S. The fraction of sp³-hybridized carbons (Fsp3) is 0.217. The summed E-state index contributed by atoms with van der Waals surface area (Å²) in [5.74, 6) is 0.0961. The largest absolute Gasteiger partial charge is 0.493 e. The number of hydrogen-bond donors (Lipinski definition) is 1. The first kappa shape index (κ1) is 25.0. The van der Waals surface area contributed by atoms with Crippen LogP contribution in [0.25, 0.3) is 11.1 Å². The van der Waals surface area contributed by atoms with E-state index in [1.807, 2.05) is 0 Å². The monoisotopic (exact) mass is 569 g/mol. The van der Waals surface area contributed by atoms with Crippen LogP contribution in [0.2, 0.25) is 0 Å². The number of ether oxygens (including phenoxy) is 1. The molecule has 1 aliphatic rings. The van der Waals surface area contributed by atoms with Gasteiger partial charge >= 0.3 is 6.18 Å². The molecule has 0 unspecified atom stereocenters. The Morgan fingerprint density at radius 2 is 1.80 bits per heavy atom. The Morgan fingerprint density at radius 1 is 1.09 bits per heavy atom. The number of anilines is 2. The number of rotatable bonds is 5. The average molecular weight is 570 g/mol. The first-order chi connectivity index (χ1) is 16.4. The van der Waals surface area contributed by atoms with Crippen molar-refractivity contribution in [2.45, 2.75) is 12.6 Å². The van der Waals surface area contributed by atoms with Gasteiger partial charge in [0, 0.05) is 16.6 Å². The maximum absolute atomic E-state index is 13.2. The van der Waals surface area contributed by atoms with Gasteiger partial charge in [0.05, 0.1) is 18.9 Å². The van der Waals surface area contributed by atoms with Crippen LogP contribution in [0.15, 0.2) is 53.0 Å². The lowest BCUT2D eigenvalue weighted by Gasteiger charge is -2.28. The van der Waals surface area contributed by atoms with Crippen molar-refractivity contribution in [1.82, 2.24) is 4.98 Å². The molecule has 1 amide bonds. The zero-order chi connectivity index (χ0) is 25.5. The summed E-state index contributed by atoms with van der Waals surface area (Å²) in [5.41, 5.74) is 1.67. The zero-order valence-electron chi connectivity index (χ0n) is 18.5. The third kappa shape index (κ3) is 5.27. The number of carbonyl (C=O) groups excluding carboxylic acids is 1. The third-order valence-electron chi connectivity index (χ3n) is 5.42. The second kappa shape index (κ2) is 9.15. The number of aromatic nitrogens is 1. The number of benzene rings is 2. The van der Waals surface area contributed by atoms with Crippen LogP contribution in [0, 0.1) is 0 Å². The molecule has 3 aromatic rings. The fourth-order valence-electron chi connectivity index (χ4n) is 3.80. The quantitative estimate of drug-likeness (QED) is 0.461. The lowest BCUT2D eigenvalue weighted by molar-refractivity contribution is -0.137. The van der Waals surface area contributed by atoms with Gasteiger partial charge in [0.25, 0.3) is 5.91 Å². The van der Waals surface area contributed by atoms with Gasteiger partial charge in [0.15, 0.2) is 11.6 Å². The molecular weight excluding hydrogens is 551 g/mol. The SMILES string of the molecule is COc1ccc(N2CCc3cc(-c4ccc(C(F)(F)F)cc4Br)ccc3C2=O)nc1NS(C)(=O)=O. The highest BCUT2D eigenvalue weighted by molar-refractivity contribution is 9.10. The number of nitrogens with one attached hydrogen (secondary N) is 1. The van der Waals surface area contributed by atoms with E-state index >= 15 is 0 Å². The van der Waals surface area contributed by atoms with Crippen LogP contribution in [0.4, 0.5) is 24.8 Å². The van der Waals surface area contributed by atoms with Crippen LogP contribution in [0.5, 0.6) is 5.75 Å². The molecule has 2 heterocycles. The van der Waals surface area contributed by atoms with E-state index in [2.05, 4.69) is 25.6 Å². The Labute approximate surface area is 208 Å². The number of halogens is 4. The van der Waals surface area contributed by atoms with Crippen molar-refractivity contribution >= 4 is 43.5 Å². The molecule has 4 rings (SSSR count). The third-order valence-corrected chi connectivity index (χ3v) is 6.64. The first-order valence-electron chi connectivity index (χ1n) is 10.2. The van der Waals surface area contributed by atoms with E-state index in [0.717, 1.165) is 24.0 Å². The standard InChI is InChI=1S/C23H19BrF3N3O4S/c1-34-19-7-8-20(28-21(19)29-35(2,32)33)30-10-9-14-11-13(3-5-17(14)22(30)31)16-6-4-15(12-18(16)24)23(25,26)27/h3-8,11-12H,9-10H2,1-2H3,(H,28,29). The molecule has 0 aliphatic carbocycles. The lowest BCUT2D eigenvalue weighted by Crippen LogP contribution is -2.38. The number of pyridine rings is 1. The smallest absolute Gasteiger partial charge is 0.416 e. The number of fused-ring (bicyclic) bond motifs is 1. The first-order valence-corrected chi connectivity index (χ1v) is 12.9. The molecule has 0 atom stereocenters. The molecule has 0 spiro atoms. The molecule has 1 N–H and O–H groups in total. The second-order valence-corrected chi connectivity index (χ2v) is 10.5. The molecule has 0 radical (unpaired) electrons. The summed E-state index contributed by atoms with van der Waals surface area (Å²) in [7, 11) is -2.25. The summed E-state index contributed by atoms with van der Waals surface area (Å²) in [6, 6.07) is 11.6. The predicted octanol–water partition coefficient (Wildman–Crippen LogP) is 5.11. The summed E-state index contributed by atoms with van der Waals surface area (Å²) in [4.78, 5) is 18.9. The molecule has 0 saturated heterocycles. The minimum Gasteiger partial charge on any atom is -0.493 e. The average Bonchev–Trinajstić information content (AvgIpc) is 2.77. The van der Waals surface area contributed by atoms with Crippen LogP contribution in [-0.2, 0) is 22.6 Å². The maximum atomic E-state index is 13.2. The minimum atomic E-state index is -4.45. The van der Waals surface area contributed by atoms with E-state index < -0.39 is 21.8 Å². The minimum absolute atomic E-state index is 0.0337. The van der Waals surface area contributed by atoms with Crippen LogP contribution in [0.3, 0.4) is 0 Å². The summed E-state index contributed by atoms with van der Waals surface area (Å²) in [6.07, 6.45) is -3.00. The van der Waals surface area contributed by atoms with Crippen LogP contribution < -0.4 is 14.4 Å². The molecule has 12 heteroatoms. The molecule has 0 saturated carbocycles. The topological polar surface area (TPSA) is 88.6 Å². The van der Waals surface area contributed by atoms with Crippen molar-refractivity contribution in [3.05, 3.63) is 69.7 Å². The Morgan fingerprint density at radius 3 is 2.43 bits per heavy atom. The highest BCUT2D eigenvalue weighted by Gasteiger charge is 2.31. The van der Waals surface area contributed by atoms with E-state index in [0.29, 0.717) is 27.6 Å². The molecule has 184 valence electrons. The maximum Gasteiger partial charge on any atom is 0.416 e. The molecule has 7 nitrogen and oxygen atoms in total. The summed E-state index contributed by atoms with van der Waals surface area (Å²) >= 11 is 3.22. The number of carbonyl (C=O) groups is 1. The van der Waals surface area contributed by atoms with E-state index in [1.165, 1.54) is 24.1 Å². The number of hydrogen-bond acceptors (Lipinski definition) is 5. The number of amides is 1. The van der Waals surface area contributed by atoms with Gasteiger partial charge < -0.3 is 4.74 Å². The van der Waals surface area contributed by atoms with Gasteiger partial charge in [-0.15, -0.1) is 0 Å². The zero-order valence-corrected chi connectivity index (χ0v) is 20.9. The van der Waals surface area contributed by atoms with Crippen LogP contribution >= 0.6 is 15.9 Å². The lowest BCUT2D eigenvalue weighted by atomic mass is 9.93. The molecule has 35 heavy (non-hydrogen) atoms. The number of alkyl halides is 3. The molecule has 0 bridgehead atoms. The van der Waals surface area contributed by atoms with E-state index in [-0.39, 0.29) is 29.8 Å². The van der Waals surface area contributed by atoms with Crippen molar-refractivity contribution in [2.24, 2.45) is 0 Å². The van der Waals surface area contributed by atoms with E-state index in [1.54, 1.807) is 24.3 Å². The highest BCUT2D eigenvalue weighted by atomic mass is 79.9. The van der Waals surface area contributed by atoms with E-state index in [4.69, 9.17) is 4.74 Å².